The summed E-state index contributed by atoms with van der Waals surface area (Å²) < 4.78 is 0. The topological polar surface area (TPSA) is 73.9 Å². The second kappa shape index (κ2) is 9.26. The van der Waals surface area contributed by atoms with Crippen LogP contribution in [0.5, 0.6) is 0 Å². The molecule has 0 unspecified atom stereocenters. The van der Waals surface area contributed by atoms with Crippen molar-refractivity contribution in [3.8, 4) is 0 Å². The molecule has 1 saturated carbocycles. The average molecular weight is 388 g/mol. The Hall–Kier alpha value is -2.02. The molecule has 1 aliphatic rings. The van der Waals surface area contributed by atoms with Gasteiger partial charge in [-0.1, -0.05) is 37.4 Å². The van der Waals surface area contributed by atoms with Gasteiger partial charge in [-0.2, -0.15) is 0 Å². The number of hydrogen-bond donors (Lipinski definition) is 2. The highest BCUT2D eigenvalue weighted by molar-refractivity contribution is 8.00. The van der Waals surface area contributed by atoms with Gasteiger partial charge in [-0.25, -0.2) is 4.98 Å². The van der Waals surface area contributed by atoms with Crippen LogP contribution >= 0.6 is 11.8 Å². The van der Waals surface area contributed by atoms with Crippen molar-refractivity contribution in [2.75, 3.05) is 24.3 Å². The molecule has 0 bridgehead atoms. The van der Waals surface area contributed by atoms with Gasteiger partial charge in [-0.3, -0.25) is 9.89 Å². The number of hydrogen-bond acceptors (Lipinski definition) is 5. The van der Waals surface area contributed by atoms with Crippen LogP contribution in [0.25, 0.3) is 0 Å². The fraction of sp³-hybridized carbons (Fsp3) is 0.550. The van der Waals surface area contributed by atoms with Crippen molar-refractivity contribution in [1.29, 1.82) is 0 Å². The van der Waals surface area contributed by atoms with Crippen LogP contribution in [0.1, 0.15) is 44.9 Å². The fourth-order valence-corrected chi connectivity index (χ4v) is 4.12. The van der Waals surface area contributed by atoms with E-state index in [1.807, 2.05) is 50.2 Å². The van der Waals surface area contributed by atoms with Crippen LogP contribution in [0, 0.1) is 5.92 Å². The first kappa shape index (κ1) is 19.7. The number of thioether (sulfide) groups is 1. The number of H-pyrrole nitrogens is 1. The monoisotopic (exact) mass is 387 g/mol. The third-order valence-electron chi connectivity index (χ3n) is 5.08. The van der Waals surface area contributed by atoms with Crippen molar-refractivity contribution in [2.45, 2.75) is 55.9 Å². The van der Waals surface area contributed by atoms with E-state index in [0.717, 1.165) is 29.5 Å². The van der Waals surface area contributed by atoms with E-state index in [9.17, 15) is 4.79 Å². The highest BCUT2D eigenvalue weighted by atomic mass is 32.2. The summed E-state index contributed by atoms with van der Waals surface area (Å²) in [5.74, 6) is 1.72. The minimum Gasteiger partial charge on any atom is -0.378 e. The number of benzene rings is 1. The molecular formula is C20H29N5OS. The molecule has 1 amide bonds. The first-order valence-electron chi connectivity index (χ1n) is 9.67. The molecule has 3 rings (SSSR count). The number of rotatable bonds is 8. The van der Waals surface area contributed by atoms with Crippen LogP contribution in [0.2, 0.25) is 0 Å². The van der Waals surface area contributed by atoms with E-state index >= 15 is 0 Å². The zero-order valence-corrected chi connectivity index (χ0v) is 17.2. The van der Waals surface area contributed by atoms with Gasteiger partial charge in [0.05, 0.1) is 5.25 Å². The molecule has 1 aromatic heterocycles. The number of nitrogens with zero attached hydrogens (tertiary/aromatic N) is 3. The minimum atomic E-state index is -0.267. The maximum absolute atomic E-state index is 12.4. The molecule has 146 valence electrons. The maximum atomic E-state index is 12.4. The van der Waals surface area contributed by atoms with Gasteiger partial charge in [0, 0.05) is 31.9 Å². The number of amides is 1. The molecule has 1 aliphatic carbocycles. The first-order chi connectivity index (χ1) is 13.0. The van der Waals surface area contributed by atoms with Crippen LogP contribution in [0.3, 0.4) is 0 Å². The summed E-state index contributed by atoms with van der Waals surface area (Å²) in [5, 5.41) is 10.6. The molecule has 0 aliphatic heterocycles. The van der Waals surface area contributed by atoms with Crippen molar-refractivity contribution in [3.05, 3.63) is 30.1 Å². The molecule has 0 radical (unpaired) electrons. The van der Waals surface area contributed by atoms with Crippen molar-refractivity contribution in [2.24, 2.45) is 5.92 Å². The van der Waals surface area contributed by atoms with Gasteiger partial charge in [0.15, 0.2) is 0 Å². The standard InChI is InChI=1S/C20H29N5OS/c1-14(19(26)21-16-9-11-17(12-10-16)25(2)3)27-20-22-18(23-24-20)13-8-15-6-4-5-7-15/h9-12,14-15H,4-8,13H2,1-3H3,(H,21,26)(H,22,23,24)/t14-/m1/s1. The zero-order chi connectivity index (χ0) is 19.2. The van der Waals surface area contributed by atoms with Crippen LogP contribution in [-0.4, -0.2) is 40.4 Å². The van der Waals surface area contributed by atoms with E-state index in [0.29, 0.717) is 5.16 Å². The molecule has 0 saturated heterocycles. The van der Waals surface area contributed by atoms with Gasteiger partial charge in [0.1, 0.15) is 5.82 Å². The highest BCUT2D eigenvalue weighted by Gasteiger charge is 2.19. The van der Waals surface area contributed by atoms with Crippen molar-refractivity contribution < 1.29 is 4.79 Å². The number of aryl methyl sites for hydroxylation is 1. The lowest BCUT2D eigenvalue weighted by Gasteiger charge is -2.14. The summed E-state index contributed by atoms with van der Waals surface area (Å²) >= 11 is 1.38. The molecule has 7 heteroatoms. The van der Waals surface area contributed by atoms with Crippen LogP contribution in [-0.2, 0) is 11.2 Å². The molecule has 1 heterocycles. The SMILES string of the molecule is C[C@@H](Sc1n[nH]c(CCC2CCCC2)n1)C(=O)Nc1ccc(N(C)C)cc1. The predicted octanol–water partition coefficient (Wildman–Crippen LogP) is 4.11. The first-order valence-corrected chi connectivity index (χ1v) is 10.6. The normalized spacial score (nSPS) is 15.7. The third-order valence-corrected chi connectivity index (χ3v) is 6.04. The van der Waals surface area contributed by atoms with Gasteiger partial charge < -0.3 is 10.2 Å². The maximum Gasteiger partial charge on any atom is 0.237 e. The number of anilines is 2. The Morgan fingerprint density at radius 2 is 2.00 bits per heavy atom. The molecule has 1 fully saturated rings. The quantitative estimate of drug-likeness (QED) is 0.667. The Labute approximate surface area is 165 Å². The van der Waals surface area contributed by atoms with Crippen molar-refractivity contribution in [1.82, 2.24) is 15.2 Å². The molecule has 6 nitrogen and oxygen atoms in total. The smallest absolute Gasteiger partial charge is 0.237 e. The van der Waals surface area contributed by atoms with Crippen molar-refractivity contribution >= 4 is 29.0 Å². The second-order valence-corrected chi connectivity index (χ2v) is 8.75. The molecule has 1 atom stereocenters. The molecular weight excluding hydrogens is 358 g/mol. The lowest BCUT2D eigenvalue weighted by atomic mass is 10.0. The summed E-state index contributed by atoms with van der Waals surface area (Å²) in [6.45, 7) is 1.88. The highest BCUT2D eigenvalue weighted by Crippen LogP contribution is 2.28. The molecule has 27 heavy (non-hydrogen) atoms. The largest absolute Gasteiger partial charge is 0.378 e. The zero-order valence-electron chi connectivity index (χ0n) is 16.4. The van der Waals surface area contributed by atoms with E-state index in [1.165, 1.54) is 43.9 Å². The van der Waals surface area contributed by atoms with Crippen molar-refractivity contribution in [3.63, 3.8) is 0 Å². The number of aromatic nitrogens is 3. The second-order valence-electron chi connectivity index (χ2n) is 7.44. The van der Waals surface area contributed by atoms with Gasteiger partial charge in [0.2, 0.25) is 11.1 Å². The lowest BCUT2D eigenvalue weighted by molar-refractivity contribution is -0.115. The van der Waals surface area contributed by atoms with E-state index in [4.69, 9.17) is 0 Å². The lowest BCUT2D eigenvalue weighted by Crippen LogP contribution is -2.22. The van der Waals surface area contributed by atoms with Gasteiger partial charge >= 0.3 is 0 Å². The molecule has 2 aromatic rings. The predicted molar refractivity (Wildman–Crippen MR) is 111 cm³/mol. The third kappa shape index (κ3) is 5.73. The van der Waals surface area contributed by atoms with E-state index in [1.54, 1.807) is 0 Å². The van der Waals surface area contributed by atoms with E-state index in [2.05, 4.69) is 20.5 Å². The van der Waals surface area contributed by atoms with Crippen LogP contribution in [0.4, 0.5) is 11.4 Å². The summed E-state index contributed by atoms with van der Waals surface area (Å²) in [7, 11) is 3.98. The van der Waals surface area contributed by atoms with Gasteiger partial charge in [0.25, 0.3) is 0 Å². The Bertz CT molecular complexity index is 737. The average Bonchev–Trinajstić information content (AvgIpc) is 3.32. The summed E-state index contributed by atoms with van der Waals surface area (Å²) in [6, 6.07) is 7.80. The Balaban J connectivity index is 1.47. The molecule has 1 aromatic carbocycles. The number of nitrogens with one attached hydrogen (secondary N) is 2. The molecule has 0 spiro atoms. The number of aromatic amines is 1. The van der Waals surface area contributed by atoms with E-state index in [-0.39, 0.29) is 11.2 Å². The van der Waals surface area contributed by atoms with E-state index < -0.39 is 0 Å². The number of carbonyl (C=O) groups excluding carboxylic acids is 1. The Morgan fingerprint density at radius 3 is 2.67 bits per heavy atom. The minimum absolute atomic E-state index is 0.0464. The van der Waals surface area contributed by atoms with Gasteiger partial charge in [-0.05, 0) is 43.5 Å². The van der Waals surface area contributed by atoms with Crippen LogP contribution in [0.15, 0.2) is 29.4 Å². The molecule has 2 N–H and O–H groups in total. The fourth-order valence-electron chi connectivity index (χ4n) is 3.38. The Kier molecular flexibility index (Phi) is 6.77. The summed E-state index contributed by atoms with van der Waals surface area (Å²) in [5.41, 5.74) is 1.89. The number of carbonyl (C=O) groups is 1. The Morgan fingerprint density at radius 1 is 1.30 bits per heavy atom. The summed E-state index contributed by atoms with van der Waals surface area (Å²) in [6.07, 6.45) is 7.56. The summed E-state index contributed by atoms with van der Waals surface area (Å²) in [4.78, 5) is 19.0. The van der Waals surface area contributed by atoms with Gasteiger partial charge in [-0.15, -0.1) is 5.10 Å². The van der Waals surface area contributed by atoms with Crippen LogP contribution < -0.4 is 10.2 Å².